The van der Waals surface area contributed by atoms with E-state index in [0.29, 0.717) is 0 Å². The molecule has 1 atom stereocenters. The van der Waals surface area contributed by atoms with E-state index in [1.54, 1.807) is 54.6 Å². The highest BCUT2D eigenvalue weighted by Crippen LogP contribution is 2.21. The van der Waals surface area contributed by atoms with Crippen molar-refractivity contribution < 1.29 is 47.7 Å². The molecule has 0 amide bonds. The van der Waals surface area contributed by atoms with Gasteiger partial charge in [0.1, 0.15) is 35.8 Å². The molecule has 10 nitrogen and oxygen atoms in total. The second-order valence-electron chi connectivity index (χ2n) is 7.77. The highest BCUT2D eigenvalue weighted by molar-refractivity contribution is 5.94. The van der Waals surface area contributed by atoms with E-state index in [4.69, 9.17) is 23.7 Å². The first-order valence-corrected chi connectivity index (χ1v) is 11.4. The summed E-state index contributed by atoms with van der Waals surface area (Å²) >= 11 is 0. The zero-order valence-electron chi connectivity index (χ0n) is 20.6. The van der Waals surface area contributed by atoms with Gasteiger partial charge in [-0.15, -0.1) is 0 Å². The Balaban J connectivity index is 1.76. The van der Waals surface area contributed by atoms with E-state index in [-0.39, 0.29) is 28.2 Å². The van der Waals surface area contributed by atoms with Crippen molar-refractivity contribution in [3.05, 3.63) is 95.6 Å². The van der Waals surface area contributed by atoms with Gasteiger partial charge >= 0.3 is 29.8 Å². The topological polar surface area (TPSA) is 132 Å². The fourth-order valence-corrected chi connectivity index (χ4v) is 3.16. The maximum atomic E-state index is 12.9. The molecule has 0 spiro atoms. The van der Waals surface area contributed by atoms with Crippen molar-refractivity contribution in [1.29, 1.82) is 0 Å². The molecule has 0 bridgehead atoms. The van der Waals surface area contributed by atoms with Crippen molar-refractivity contribution in [1.82, 2.24) is 0 Å². The molecule has 0 N–H and O–H groups in total. The van der Waals surface area contributed by atoms with E-state index in [1.807, 2.05) is 0 Å². The summed E-state index contributed by atoms with van der Waals surface area (Å²) < 4.78 is 26.1. The van der Waals surface area contributed by atoms with E-state index in [9.17, 15) is 24.0 Å². The maximum absolute atomic E-state index is 12.9. The molecule has 0 saturated heterocycles. The summed E-state index contributed by atoms with van der Waals surface area (Å²) in [7, 11) is 0. The van der Waals surface area contributed by atoms with Crippen LogP contribution in [-0.2, 0) is 23.8 Å². The van der Waals surface area contributed by atoms with Crippen molar-refractivity contribution in [2.24, 2.45) is 0 Å². The summed E-state index contributed by atoms with van der Waals surface area (Å²) in [5, 5.41) is 0. The lowest BCUT2D eigenvalue weighted by molar-refractivity contribution is -0.132. The third kappa shape index (κ3) is 8.02. The zero-order chi connectivity index (χ0) is 27.5. The quantitative estimate of drug-likeness (QED) is 0.221. The Morgan fingerprint density at radius 2 is 1.03 bits per heavy atom. The van der Waals surface area contributed by atoms with Crippen LogP contribution in [0.25, 0.3) is 0 Å². The summed E-state index contributed by atoms with van der Waals surface area (Å²) in [5.74, 6) is -3.76. The lowest BCUT2D eigenvalue weighted by Gasteiger charge is -2.19. The first kappa shape index (κ1) is 27.6. The number of benzene rings is 3. The number of esters is 5. The molecule has 3 aromatic carbocycles. The van der Waals surface area contributed by atoms with Gasteiger partial charge in [-0.25, -0.2) is 14.4 Å². The maximum Gasteiger partial charge on any atom is 0.342 e. The molecule has 196 valence electrons. The standard InChI is InChI=1S/C28H24O10/c1-18(29)36-24-14-8-6-12-22(24)27(32)35-17-21(16-34-26(31)20-10-4-3-5-11-20)38-28(33)23-13-7-9-15-25(23)37-19(2)30/h3-15,21H,16-17H2,1-2H3. The van der Waals surface area contributed by atoms with E-state index < -0.39 is 49.2 Å². The summed E-state index contributed by atoms with van der Waals surface area (Å²) in [5.41, 5.74) is 0.174. The predicted octanol–water partition coefficient (Wildman–Crippen LogP) is 3.78. The van der Waals surface area contributed by atoms with Gasteiger partial charge in [0.05, 0.1) is 5.56 Å². The number of para-hydroxylation sites is 2. The number of carbonyl (C=O) groups excluding carboxylic acids is 5. The first-order chi connectivity index (χ1) is 18.2. The van der Waals surface area contributed by atoms with Gasteiger partial charge in [-0.1, -0.05) is 42.5 Å². The number of carbonyl (C=O) groups is 5. The Morgan fingerprint density at radius 3 is 1.55 bits per heavy atom. The second kappa shape index (κ2) is 13.4. The summed E-state index contributed by atoms with van der Waals surface area (Å²) in [6.07, 6.45) is -1.23. The average molecular weight is 520 g/mol. The van der Waals surface area contributed by atoms with Crippen LogP contribution in [0.3, 0.4) is 0 Å². The second-order valence-corrected chi connectivity index (χ2v) is 7.77. The molecule has 0 aliphatic rings. The van der Waals surface area contributed by atoms with Crippen LogP contribution in [0, 0.1) is 0 Å². The molecule has 0 radical (unpaired) electrons. The fourth-order valence-electron chi connectivity index (χ4n) is 3.16. The predicted molar refractivity (Wildman–Crippen MR) is 132 cm³/mol. The molecule has 3 rings (SSSR count). The Morgan fingerprint density at radius 1 is 0.579 bits per heavy atom. The third-order valence-electron chi connectivity index (χ3n) is 4.81. The molecule has 0 aliphatic carbocycles. The van der Waals surface area contributed by atoms with Crippen LogP contribution in [-0.4, -0.2) is 49.2 Å². The van der Waals surface area contributed by atoms with Crippen molar-refractivity contribution in [3.8, 4) is 11.5 Å². The molecule has 3 aromatic rings. The van der Waals surface area contributed by atoms with E-state index >= 15 is 0 Å². The van der Waals surface area contributed by atoms with E-state index in [0.717, 1.165) is 0 Å². The Kier molecular flexibility index (Phi) is 9.70. The molecule has 0 aromatic heterocycles. The largest absolute Gasteiger partial charge is 0.458 e. The minimum absolute atomic E-state index is 0.00985. The molecule has 10 heteroatoms. The Hall–Kier alpha value is -4.99. The van der Waals surface area contributed by atoms with Crippen LogP contribution in [0.15, 0.2) is 78.9 Å². The van der Waals surface area contributed by atoms with Gasteiger partial charge in [0.2, 0.25) is 0 Å². The van der Waals surface area contributed by atoms with Gasteiger partial charge in [0.15, 0.2) is 6.10 Å². The lowest BCUT2D eigenvalue weighted by Crippen LogP contribution is -2.31. The molecule has 1 unspecified atom stereocenters. The van der Waals surface area contributed by atoms with Gasteiger partial charge in [0, 0.05) is 13.8 Å². The van der Waals surface area contributed by atoms with E-state index in [1.165, 1.54) is 38.1 Å². The fraction of sp³-hybridized carbons (Fsp3) is 0.179. The number of hydrogen-bond acceptors (Lipinski definition) is 10. The smallest absolute Gasteiger partial charge is 0.342 e. The molecule has 38 heavy (non-hydrogen) atoms. The molecular formula is C28H24O10. The van der Waals surface area contributed by atoms with Crippen LogP contribution in [0.4, 0.5) is 0 Å². The van der Waals surface area contributed by atoms with Crippen molar-refractivity contribution in [3.63, 3.8) is 0 Å². The Labute approximate surface area is 218 Å². The van der Waals surface area contributed by atoms with Crippen LogP contribution < -0.4 is 9.47 Å². The molecule has 0 heterocycles. The average Bonchev–Trinajstić information content (AvgIpc) is 2.90. The summed E-state index contributed by atoms with van der Waals surface area (Å²) in [6.45, 7) is 1.41. The van der Waals surface area contributed by atoms with Crippen LogP contribution in [0.2, 0.25) is 0 Å². The van der Waals surface area contributed by atoms with E-state index in [2.05, 4.69) is 0 Å². The summed E-state index contributed by atoms with van der Waals surface area (Å²) in [4.78, 5) is 60.8. The third-order valence-corrected chi connectivity index (χ3v) is 4.81. The first-order valence-electron chi connectivity index (χ1n) is 11.4. The molecule has 0 fully saturated rings. The zero-order valence-corrected chi connectivity index (χ0v) is 20.6. The number of hydrogen-bond donors (Lipinski definition) is 0. The van der Waals surface area contributed by atoms with Crippen molar-refractivity contribution in [2.75, 3.05) is 13.2 Å². The van der Waals surface area contributed by atoms with Gasteiger partial charge in [-0.3, -0.25) is 9.59 Å². The van der Waals surface area contributed by atoms with Gasteiger partial charge in [-0.05, 0) is 36.4 Å². The molecule has 0 saturated carbocycles. The minimum atomic E-state index is -1.23. The van der Waals surface area contributed by atoms with Gasteiger partial charge in [-0.2, -0.15) is 0 Å². The summed E-state index contributed by atoms with van der Waals surface area (Å²) in [6, 6.07) is 20.0. The van der Waals surface area contributed by atoms with Gasteiger partial charge in [0.25, 0.3) is 0 Å². The number of rotatable bonds is 10. The SMILES string of the molecule is CC(=O)Oc1ccccc1C(=O)OCC(COC(=O)c1ccccc1)OC(=O)c1ccccc1OC(C)=O. The van der Waals surface area contributed by atoms with Crippen molar-refractivity contribution >= 4 is 29.8 Å². The minimum Gasteiger partial charge on any atom is -0.458 e. The van der Waals surface area contributed by atoms with Gasteiger partial charge < -0.3 is 23.7 Å². The van der Waals surface area contributed by atoms with Crippen LogP contribution in [0.5, 0.6) is 11.5 Å². The lowest BCUT2D eigenvalue weighted by atomic mass is 10.2. The highest BCUT2D eigenvalue weighted by Gasteiger charge is 2.24. The normalized spacial score (nSPS) is 11.0. The van der Waals surface area contributed by atoms with Crippen LogP contribution >= 0.6 is 0 Å². The number of ether oxygens (including phenoxy) is 5. The molecule has 0 aliphatic heterocycles. The monoisotopic (exact) mass is 520 g/mol. The van der Waals surface area contributed by atoms with Crippen molar-refractivity contribution in [2.45, 2.75) is 20.0 Å². The Bertz CT molecular complexity index is 1320. The van der Waals surface area contributed by atoms with Crippen LogP contribution in [0.1, 0.15) is 44.9 Å². The molecular weight excluding hydrogens is 496 g/mol. The highest BCUT2D eigenvalue weighted by atomic mass is 16.6.